The molecule has 0 radical (unpaired) electrons. The zero-order chi connectivity index (χ0) is 21.5. The normalized spacial score (nSPS) is 14.9. The van der Waals surface area contributed by atoms with E-state index in [9.17, 15) is 9.18 Å². The fourth-order valence-corrected chi connectivity index (χ4v) is 3.45. The summed E-state index contributed by atoms with van der Waals surface area (Å²) >= 11 is 0. The van der Waals surface area contributed by atoms with Gasteiger partial charge in [-0.25, -0.2) is 23.1 Å². The molecule has 0 atom stereocenters. The van der Waals surface area contributed by atoms with Gasteiger partial charge in [-0.2, -0.15) is 0 Å². The van der Waals surface area contributed by atoms with Crippen LogP contribution in [0.15, 0.2) is 36.5 Å². The Balaban J connectivity index is 1.82. The third-order valence-electron chi connectivity index (χ3n) is 4.79. The fraction of sp³-hybridized carbons (Fsp3) is 0.364. The van der Waals surface area contributed by atoms with E-state index < -0.39 is 23.3 Å². The molecule has 3 aromatic rings. The molecular formula is C22H23F2N3O3. The summed E-state index contributed by atoms with van der Waals surface area (Å²) in [6.07, 6.45) is 0.681. The molecule has 158 valence electrons. The summed E-state index contributed by atoms with van der Waals surface area (Å²) in [5.74, 6) is -0.525. The van der Waals surface area contributed by atoms with E-state index in [2.05, 4.69) is 4.98 Å². The average Bonchev–Trinajstić information content (AvgIpc) is 3.05. The van der Waals surface area contributed by atoms with Gasteiger partial charge in [0.05, 0.1) is 30.0 Å². The van der Waals surface area contributed by atoms with E-state index in [1.165, 1.54) is 29.0 Å². The predicted octanol–water partition coefficient (Wildman–Crippen LogP) is 4.60. The van der Waals surface area contributed by atoms with Crippen LogP contribution in [0.2, 0.25) is 0 Å². The Kier molecular flexibility index (Phi) is 5.19. The minimum Gasteiger partial charge on any atom is -0.443 e. The van der Waals surface area contributed by atoms with Crippen LogP contribution in [0, 0.1) is 11.6 Å². The van der Waals surface area contributed by atoms with Gasteiger partial charge in [-0.3, -0.25) is 0 Å². The molecule has 1 aliphatic rings. The van der Waals surface area contributed by atoms with Crippen molar-refractivity contribution in [2.45, 2.75) is 26.4 Å². The van der Waals surface area contributed by atoms with Gasteiger partial charge in [-0.05, 0) is 45.0 Å². The highest BCUT2D eigenvalue weighted by atomic mass is 19.1. The Hall–Kier alpha value is -3.00. The Labute approximate surface area is 173 Å². The second-order valence-electron chi connectivity index (χ2n) is 8.17. The van der Waals surface area contributed by atoms with E-state index in [0.29, 0.717) is 43.0 Å². The summed E-state index contributed by atoms with van der Waals surface area (Å²) in [6, 6.07) is 7.05. The number of aromatic nitrogens is 2. The van der Waals surface area contributed by atoms with Crippen LogP contribution in [0.1, 0.15) is 20.8 Å². The van der Waals surface area contributed by atoms with Crippen LogP contribution in [0.5, 0.6) is 0 Å². The first-order chi connectivity index (χ1) is 14.2. The largest absolute Gasteiger partial charge is 0.443 e. The van der Waals surface area contributed by atoms with Crippen molar-refractivity contribution in [1.29, 1.82) is 0 Å². The maximum Gasteiger partial charge on any atom is 0.419 e. The molecule has 0 amide bonds. The average molecular weight is 415 g/mol. The molecule has 0 unspecified atom stereocenters. The highest BCUT2D eigenvalue weighted by molar-refractivity contribution is 5.96. The van der Waals surface area contributed by atoms with Gasteiger partial charge in [0.2, 0.25) is 0 Å². The van der Waals surface area contributed by atoms with Crippen molar-refractivity contribution in [2.24, 2.45) is 0 Å². The van der Waals surface area contributed by atoms with Crippen molar-refractivity contribution in [3.8, 4) is 11.3 Å². The van der Waals surface area contributed by atoms with Crippen LogP contribution in [0.4, 0.5) is 19.4 Å². The van der Waals surface area contributed by atoms with Gasteiger partial charge in [0.15, 0.2) is 0 Å². The Morgan fingerprint density at radius 2 is 1.87 bits per heavy atom. The van der Waals surface area contributed by atoms with E-state index in [-0.39, 0.29) is 11.3 Å². The smallest absolute Gasteiger partial charge is 0.419 e. The van der Waals surface area contributed by atoms with Gasteiger partial charge in [-0.1, -0.05) is 0 Å². The summed E-state index contributed by atoms with van der Waals surface area (Å²) in [5.41, 5.74) is -0.0799. The van der Waals surface area contributed by atoms with Crippen molar-refractivity contribution in [2.75, 3.05) is 31.2 Å². The van der Waals surface area contributed by atoms with Gasteiger partial charge >= 0.3 is 6.09 Å². The molecule has 0 spiro atoms. The number of ether oxygens (including phenoxy) is 2. The van der Waals surface area contributed by atoms with Crippen LogP contribution < -0.4 is 4.90 Å². The van der Waals surface area contributed by atoms with Gasteiger partial charge in [0, 0.05) is 30.7 Å². The molecule has 8 heteroatoms. The van der Waals surface area contributed by atoms with Crippen LogP contribution in [0.25, 0.3) is 22.2 Å². The van der Waals surface area contributed by atoms with Crippen molar-refractivity contribution in [3.63, 3.8) is 0 Å². The van der Waals surface area contributed by atoms with Crippen LogP contribution in [-0.4, -0.2) is 47.5 Å². The SMILES string of the molecule is CC(C)(C)OC(=O)n1c(-c2cnc(N3CCOCC3)cc2F)cc2ccc(F)cc21. The molecule has 1 aromatic carbocycles. The summed E-state index contributed by atoms with van der Waals surface area (Å²) in [5, 5.41) is 0.592. The van der Waals surface area contributed by atoms with E-state index in [1.54, 1.807) is 32.9 Å². The number of halogens is 2. The summed E-state index contributed by atoms with van der Waals surface area (Å²) in [6.45, 7) is 7.57. The first-order valence-corrected chi connectivity index (χ1v) is 9.76. The van der Waals surface area contributed by atoms with Crippen molar-refractivity contribution in [3.05, 3.63) is 48.2 Å². The number of fused-ring (bicyclic) bond motifs is 1. The first kappa shape index (κ1) is 20.3. The van der Waals surface area contributed by atoms with E-state index >= 15 is 4.39 Å². The number of carbonyl (C=O) groups excluding carboxylic acids is 1. The number of hydrogen-bond donors (Lipinski definition) is 0. The molecule has 1 aliphatic heterocycles. The maximum absolute atomic E-state index is 15.1. The standard InChI is InChI=1S/C22H23F2N3O3/c1-22(2,3)30-21(28)27-18-11-15(23)5-4-14(18)10-19(27)16-13-25-20(12-17(16)24)26-6-8-29-9-7-26/h4-5,10-13H,6-9H2,1-3H3. The van der Waals surface area contributed by atoms with E-state index in [0.717, 1.165) is 0 Å². The Morgan fingerprint density at radius 3 is 2.53 bits per heavy atom. The lowest BCUT2D eigenvalue weighted by molar-refractivity contribution is 0.0547. The van der Waals surface area contributed by atoms with Crippen molar-refractivity contribution >= 4 is 22.8 Å². The van der Waals surface area contributed by atoms with Gasteiger partial charge in [0.25, 0.3) is 0 Å². The quantitative estimate of drug-likeness (QED) is 0.612. The van der Waals surface area contributed by atoms with E-state index in [1.807, 2.05) is 4.90 Å². The Bertz CT molecular complexity index is 1100. The molecule has 1 fully saturated rings. The number of anilines is 1. The topological polar surface area (TPSA) is 56.6 Å². The number of morpholine rings is 1. The highest BCUT2D eigenvalue weighted by Crippen LogP contribution is 2.32. The number of nitrogens with zero attached hydrogens (tertiary/aromatic N) is 3. The second kappa shape index (κ2) is 7.68. The molecule has 3 heterocycles. The van der Waals surface area contributed by atoms with E-state index in [4.69, 9.17) is 9.47 Å². The van der Waals surface area contributed by atoms with Gasteiger partial charge < -0.3 is 14.4 Å². The minimum atomic E-state index is -0.769. The number of hydrogen-bond acceptors (Lipinski definition) is 5. The zero-order valence-electron chi connectivity index (χ0n) is 17.1. The Morgan fingerprint density at radius 1 is 1.13 bits per heavy atom. The lowest BCUT2D eigenvalue weighted by Crippen LogP contribution is -2.36. The minimum absolute atomic E-state index is 0.134. The summed E-state index contributed by atoms with van der Waals surface area (Å²) in [4.78, 5) is 19.3. The highest BCUT2D eigenvalue weighted by Gasteiger charge is 2.25. The molecule has 4 rings (SSSR count). The lowest BCUT2D eigenvalue weighted by Gasteiger charge is -2.28. The van der Waals surface area contributed by atoms with Crippen molar-refractivity contribution in [1.82, 2.24) is 9.55 Å². The second-order valence-corrected chi connectivity index (χ2v) is 8.17. The molecule has 6 nitrogen and oxygen atoms in total. The third-order valence-corrected chi connectivity index (χ3v) is 4.79. The predicted molar refractivity (Wildman–Crippen MR) is 110 cm³/mol. The number of benzene rings is 1. The molecule has 0 saturated carbocycles. The summed E-state index contributed by atoms with van der Waals surface area (Å²) in [7, 11) is 0. The van der Waals surface area contributed by atoms with Crippen LogP contribution in [-0.2, 0) is 9.47 Å². The number of rotatable bonds is 2. The molecule has 30 heavy (non-hydrogen) atoms. The van der Waals surface area contributed by atoms with Crippen molar-refractivity contribution < 1.29 is 23.0 Å². The number of carbonyl (C=O) groups is 1. The van der Waals surface area contributed by atoms with Crippen LogP contribution >= 0.6 is 0 Å². The van der Waals surface area contributed by atoms with Crippen LogP contribution in [0.3, 0.4) is 0 Å². The zero-order valence-corrected chi connectivity index (χ0v) is 17.1. The first-order valence-electron chi connectivity index (χ1n) is 9.76. The van der Waals surface area contributed by atoms with Gasteiger partial charge in [0.1, 0.15) is 23.1 Å². The molecule has 0 N–H and O–H groups in total. The molecule has 0 aliphatic carbocycles. The third kappa shape index (κ3) is 4.00. The maximum atomic E-state index is 15.1. The molecule has 1 saturated heterocycles. The molecular weight excluding hydrogens is 392 g/mol. The summed E-state index contributed by atoms with van der Waals surface area (Å²) < 4.78 is 41.0. The monoisotopic (exact) mass is 415 g/mol. The fourth-order valence-electron chi connectivity index (χ4n) is 3.45. The van der Waals surface area contributed by atoms with Gasteiger partial charge in [-0.15, -0.1) is 0 Å². The molecule has 2 aromatic heterocycles. The molecule has 0 bridgehead atoms. The lowest BCUT2D eigenvalue weighted by atomic mass is 10.1. The number of pyridine rings is 1.